The van der Waals surface area contributed by atoms with Crippen LogP contribution >= 0.6 is 0 Å². The lowest BCUT2D eigenvalue weighted by molar-refractivity contribution is -0.141. The highest BCUT2D eigenvalue weighted by Crippen LogP contribution is 2.10. The van der Waals surface area contributed by atoms with Crippen LogP contribution in [0.25, 0.3) is 6.08 Å². The zero-order chi connectivity index (χ0) is 18.2. The molecule has 0 spiro atoms. The van der Waals surface area contributed by atoms with E-state index < -0.39 is 5.97 Å². The van der Waals surface area contributed by atoms with Crippen LogP contribution < -0.4 is 5.32 Å². The number of carbonyl (C=O) groups excluding carboxylic acids is 2. The predicted molar refractivity (Wildman–Crippen MR) is 96.8 cm³/mol. The molecule has 1 aromatic heterocycles. The molecule has 0 bridgehead atoms. The van der Waals surface area contributed by atoms with Crippen molar-refractivity contribution in [3.8, 4) is 0 Å². The van der Waals surface area contributed by atoms with E-state index in [1.54, 1.807) is 42.5 Å². The SMILES string of the molecule is O=C(OCc1ccco1)/C(=C/c1ccccc1)NC(=O)c1ccccc1. The first kappa shape index (κ1) is 17.2. The predicted octanol–water partition coefficient (Wildman–Crippen LogP) is 3.79. The summed E-state index contributed by atoms with van der Waals surface area (Å²) in [6.45, 7) is -0.0147. The highest BCUT2D eigenvalue weighted by atomic mass is 16.5. The largest absolute Gasteiger partial charge is 0.466 e. The molecule has 0 aliphatic heterocycles. The summed E-state index contributed by atoms with van der Waals surface area (Å²) >= 11 is 0. The Morgan fingerprint density at radius 1 is 0.923 bits per heavy atom. The summed E-state index contributed by atoms with van der Waals surface area (Å²) in [6, 6.07) is 21.3. The molecule has 0 fully saturated rings. The van der Waals surface area contributed by atoms with Gasteiger partial charge in [-0.05, 0) is 35.9 Å². The van der Waals surface area contributed by atoms with Crippen LogP contribution in [0.4, 0.5) is 0 Å². The number of nitrogens with one attached hydrogen (secondary N) is 1. The first-order valence-corrected chi connectivity index (χ1v) is 8.05. The monoisotopic (exact) mass is 347 g/mol. The summed E-state index contributed by atoms with van der Waals surface area (Å²) in [5, 5.41) is 2.63. The summed E-state index contributed by atoms with van der Waals surface area (Å²) in [4.78, 5) is 24.9. The normalized spacial score (nSPS) is 11.0. The molecule has 130 valence electrons. The fourth-order valence-corrected chi connectivity index (χ4v) is 2.26. The van der Waals surface area contributed by atoms with Crippen LogP contribution in [0.1, 0.15) is 21.7 Å². The quantitative estimate of drug-likeness (QED) is 0.544. The van der Waals surface area contributed by atoms with Gasteiger partial charge in [-0.2, -0.15) is 0 Å². The Balaban J connectivity index is 1.78. The summed E-state index contributed by atoms with van der Waals surface area (Å²) in [5.74, 6) is -0.510. The van der Waals surface area contributed by atoms with Gasteiger partial charge in [0.1, 0.15) is 18.1 Å². The van der Waals surface area contributed by atoms with E-state index in [-0.39, 0.29) is 18.2 Å². The van der Waals surface area contributed by atoms with E-state index in [2.05, 4.69) is 5.32 Å². The maximum absolute atomic E-state index is 12.5. The van der Waals surface area contributed by atoms with Crippen molar-refractivity contribution in [1.29, 1.82) is 0 Å². The molecular weight excluding hydrogens is 330 g/mol. The van der Waals surface area contributed by atoms with Crippen LogP contribution in [0.15, 0.2) is 89.2 Å². The maximum atomic E-state index is 12.5. The number of rotatable bonds is 6. The van der Waals surface area contributed by atoms with Gasteiger partial charge in [-0.3, -0.25) is 4.79 Å². The van der Waals surface area contributed by atoms with E-state index in [9.17, 15) is 9.59 Å². The first-order chi connectivity index (χ1) is 12.7. The molecule has 2 aromatic carbocycles. The van der Waals surface area contributed by atoms with Crippen molar-refractivity contribution in [3.05, 3.63) is 102 Å². The van der Waals surface area contributed by atoms with E-state index in [0.717, 1.165) is 5.56 Å². The molecule has 0 aliphatic carbocycles. The third kappa shape index (κ3) is 4.70. The van der Waals surface area contributed by atoms with Crippen LogP contribution in [0.3, 0.4) is 0 Å². The molecule has 1 heterocycles. The average molecular weight is 347 g/mol. The third-order valence-corrected chi connectivity index (χ3v) is 3.54. The number of carbonyl (C=O) groups is 2. The highest BCUT2D eigenvalue weighted by Gasteiger charge is 2.16. The Hall–Kier alpha value is -3.60. The van der Waals surface area contributed by atoms with Crippen LogP contribution in [-0.2, 0) is 16.1 Å². The van der Waals surface area contributed by atoms with Gasteiger partial charge in [-0.25, -0.2) is 4.79 Å². The van der Waals surface area contributed by atoms with Crippen molar-refractivity contribution < 1.29 is 18.7 Å². The summed E-state index contributed by atoms with van der Waals surface area (Å²) in [6.07, 6.45) is 3.08. The molecule has 0 radical (unpaired) electrons. The molecule has 5 nitrogen and oxygen atoms in total. The average Bonchev–Trinajstić information content (AvgIpc) is 3.20. The van der Waals surface area contributed by atoms with E-state index in [4.69, 9.17) is 9.15 Å². The van der Waals surface area contributed by atoms with Crippen molar-refractivity contribution in [2.45, 2.75) is 6.61 Å². The number of ether oxygens (including phenoxy) is 1. The number of hydrogen-bond acceptors (Lipinski definition) is 4. The Labute approximate surface area is 150 Å². The Kier molecular flexibility index (Phi) is 5.62. The van der Waals surface area contributed by atoms with Gasteiger partial charge in [0.25, 0.3) is 5.91 Å². The van der Waals surface area contributed by atoms with Gasteiger partial charge in [-0.1, -0.05) is 48.5 Å². The molecule has 1 N–H and O–H groups in total. The first-order valence-electron chi connectivity index (χ1n) is 8.05. The molecule has 5 heteroatoms. The van der Waals surface area contributed by atoms with Gasteiger partial charge < -0.3 is 14.5 Å². The molecule has 0 unspecified atom stereocenters. The zero-order valence-electron chi connectivity index (χ0n) is 13.9. The standard InChI is InChI=1S/C21H17NO4/c23-20(17-10-5-2-6-11-17)22-19(14-16-8-3-1-4-9-16)21(24)26-15-18-12-7-13-25-18/h1-14H,15H2,(H,22,23)/b19-14-. The molecule has 3 rings (SSSR count). The van der Waals surface area contributed by atoms with Crippen molar-refractivity contribution in [2.24, 2.45) is 0 Å². The molecular formula is C21H17NO4. The zero-order valence-corrected chi connectivity index (χ0v) is 13.9. The van der Waals surface area contributed by atoms with Crippen molar-refractivity contribution >= 4 is 18.0 Å². The molecule has 26 heavy (non-hydrogen) atoms. The number of benzene rings is 2. The minimum atomic E-state index is -0.644. The fraction of sp³-hybridized carbons (Fsp3) is 0.0476. The van der Waals surface area contributed by atoms with Crippen molar-refractivity contribution in [2.75, 3.05) is 0 Å². The summed E-state index contributed by atoms with van der Waals surface area (Å²) in [7, 11) is 0. The molecule has 0 aliphatic rings. The van der Waals surface area contributed by atoms with Crippen LogP contribution in [0.2, 0.25) is 0 Å². The van der Waals surface area contributed by atoms with Gasteiger partial charge in [-0.15, -0.1) is 0 Å². The van der Waals surface area contributed by atoms with Crippen LogP contribution in [-0.4, -0.2) is 11.9 Å². The van der Waals surface area contributed by atoms with Gasteiger partial charge in [0, 0.05) is 5.56 Å². The maximum Gasteiger partial charge on any atom is 0.355 e. The number of esters is 1. The summed E-state index contributed by atoms with van der Waals surface area (Å²) in [5.41, 5.74) is 1.27. The van der Waals surface area contributed by atoms with Crippen molar-refractivity contribution in [1.82, 2.24) is 5.32 Å². The second kappa shape index (κ2) is 8.48. The Bertz CT molecular complexity index is 884. The number of amides is 1. The topological polar surface area (TPSA) is 68.5 Å². The smallest absolute Gasteiger partial charge is 0.355 e. The van der Waals surface area contributed by atoms with Gasteiger partial charge in [0.2, 0.25) is 0 Å². The van der Waals surface area contributed by atoms with E-state index in [1.807, 2.05) is 36.4 Å². The lowest BCUT2D eigenvalue weighted by Gasteiger charge is -2.10. The Morgan fingerprint density at radius 3 is 2.27 bits per heavy atom. The lowest BCUT2D eigenvalue weighted by atomic mass is 10.1. The minimum Gasteiger partial charge on any atom is -0.466 e. The molecule has 3 aromatic rings. The second-order valence-corrected chi connectivity index (χ2v) is 5.44. The van der Waals surface area contributed by atoms with Gasteiger partial charge >= 0.3 is 5.97 Å². The Morgan fingerprint density at radius 2 is 1.62 bits per heavy atom. The fourth-order valence-electron chi connectivity index (χ4n) is 2.26. The molecule has 1 amide bonds. The van der Waals surface area contributed by atoms with Crippen LogP contribution in [0, 0.1) is 0 Å². The molecule has 0 saturated heterocycles. The van der Waals surface area contributed by atoms with E-state index in [0.29, 0.717) is 11.3 Å². The molecule has 0 atom stereocenters. The van der Waals surface area contributed by atoms with Crippen molar-refractivity contribution in [3.63, 3.8) is 0 Å². The van der Waals surface area contributed by atoms with Crippen LogP contribution in [0.5, 0.6) is 0 Å². The lowest BCUT2D eigenvalue weighted by Crippen LogP contribution is -2.28. The summed E-state index contributed by atoms with van der Waals surface area (Å²) < 4.78 is 10.4. The molecule has 0 saturated carbocycles. The number of hydrogen-bond donors (Lipinski definition) is 1. The third-order valence-electron chi connectivity index (χ3n) is 3.54. The van der Waals surface area contributed by atoms with E-state index in [1.165, 1.54) is 6.26 Å². The number of furan rings is 1. The minimum absolute atomic E-state index is 0.0147. The second-order valence-electron chi connectivity index (χ2n) is 5.44. The van der Waals surface area contributed by atoms with Gasteiger partial charge in [0.05, 0.1) is 6.26 Å². The van der Waals surface area contributed by atoms with Gasteiger partial charge in [0.15, 0.2) is 0 Å². The highest BCUT2D eigenvalue weighted by molar-refractivity contribution is 6.03. The van der Waals surface area contributed by atoms with E-state index >= 15 is 0 Å².